The van der Waals surface area contributed by atoms with Crippen molar-refractivity contribution in [1.82, 2.24) is 14.9 Å². The van der Waals surface area contributed by atoms with Gasteiger partial charge < -0.3 is 15.2 Å². The molecule has 2 N–H and O–H groups in total. The monoisotopic (exact) mass is 386 g/mol. The molecule has 2 aromatic rings. The molecule has 7 heteroatoms. The topological polar surface area (TPSA) is 76.0 Å². The molecule has 1 saturated carbocycles. The number of carbonyl (C=O) groups excluding carboxylic acids is 2. The van der Waals surface area contributed by atoms with Crippen LogP contribution in [0.25, 0.3) is 0 Å². The Balaban J connectivity index is 1.58. The van der Waals surface area contributed by atoms with Crippen molar-refractivity contribution in [3.63, 3.8) is 0 Å². The van der Waals surface area contributed by atoms with Gasteiger partial charge in [-0.05, 0) is 56.4 Å². The van der Waals surface area contributed by atoms with Crippen LogP contribution < -0.4 is 10.6 Å². The summed E-state index contributed by atoms with van der Waals surface area (Å²) < 4.78 is 1.92. The lowest BCUT2D eigenvalue weighted by Crippen LogP contribution is -2.35. The summed E-state index contributed by atoms with van der Waals surface area (Å²) in [6.07, 6.45) is 7.08. The first-order valence-electron chi connectivity index (χ1n) is 9.59. The van der Waals surface area contributed by atoms with E-state index in [2.05, 4.69) is 15.6 Å². The number of nitrogens with zero attached hydrogens (tertiary/aromatic N) is 2. The Kier molecular flexibility index (Phi) is 5.16. The molecule has 1 aromatic heterocycles. The van der Waals surface area contributed by atoms with Crippen molar-refractivity contribution < 1.29 is 9.59 Å². The van der Waals surface area contributed by atoms with Gasteiger partial charge in [0.2, 0.25) is 0 Å². The summed E-state index contributed by atoms with van der Waals surface area (Å²) in [6, 6.07) is 7.16. The van der Waals surface area contributed by atoms with Crippen LogP contribution in [-0.4, -0.2) is 27.4 Å². The van der Waals surface area contributed by atoms with Gasteiger partial charge in [0.25, 0.3) is 11.8 Å². The second-order valence-corrected chi connectivity index (χ2v) is 7.69. The summed E-state index contributed by atoms with van der Waals surface area (Å²) in [6.45, 7) is 0.726. The number of rotatable bonds is 4. The van der Waals surface area contributed by atoms with Crippen molar-refractivity contribution in [3.8, 4) is 0 Å². The van der Waals surface area contributed by atoms with E-state index in [9.17, 15) is 9.59 Å². The van der Waals surface area contributed by atoms with Gasteiger partial charge in [-0.15, -0.1) is 0 Å². The minimum Gasteiger partial charge on any atom is -0.347 e. The van der Waals surface area contributed by atoms with Crippen LogP contribution in [0.4, 0.5) is 5.69 Å². The van der Waals surface area contributed by atoms with Crippen molar-refractivity contribution in [3.05, 3.63) is 46.5 Å². The van der Waals surface area contributed by atoms with E-state index in [1.807, 2.05) is 4.57 Å². The minimum absolute atomic E-state index is 0.171. The number of carbonyl (C=O) groups is 2. The molecule has 2 aliphatic rings. The van der Waals surface area contributed by atoms with Crippen LogP contribution in [0.1, 0.15) is 65.3 Å². The second-order valence-electron chi connectivity index (χ2n) is 7.26. The van der Waals surface area contributed by atoms with E-state index >= 15 is 0 Å². The average molecular weight is 387 g/mol. The third-order valence-corrected chi connectivity index (χ3v) is 5.58. The molecule has 0 spiro atoms. The maximum Gasteiger partial charge on any atom is 0.287 e. The third kappa shape index (κ3) is 3.86. The molecule has 27 heavy (non-hydrogen) atoms. The lowest BCUT2D eigenvalue weighted by atomic mass is 10.1. The van der Waals surface area contributed by atoms with Crippen molar-refractivity contribution in [2.45, 2.75) is 57.5 Å². The van der Waals surface area contributed by atoms with Gasteiger partial charge in [-0.2, -0.15) is 0 Å². The zero-order valence-electron chi connectivity index (χ0n) is 15.1. The van der Waals surface area contributed by atoms with E-state index in [4.69, 9.17) is 11.6 Å². The number of hydrogen-bond acceptors (Lipinski definition) is 3. The Labute approximate surface area is 163 Å². The van der Waals surface area contributed by atoms with E-state index < -0.39 is 0 Å². The second kappa shape index (κ2) is 7.72. The molecule has 6 nitrogen and oxygen atoms in total. The van der Waals surface area contributed by atoms with E-state index in [1.165, 1.54) is 0 Å². The molecular formula is C20H23ClN4O2. The largest absolute Gasteiger partial charge is 0.347 e. The third-order valence-electron chi connectivity index (χ3n) is 5.33. The molecule has 142 valence electrons. The van der Waals surface area contributed by atoms with Crippen LogP contribution in [-0.2, 0) is 13.0 Å². The molecule has 1 aromatic carbocycles. The molecule has 1 aliphatic carbocycles. The lowest BCUT2D eigenvalue weighted by Gasteiger charge is -2.18. The molecule has 4 rings (SSSR count). The number of halogens is 1. The smallest absolute Gasteiger partial charge is 0.287 e. The van der Waals surface area contributed by atoms with Crippen LogP contribution in [0, 0.1) is 0 Å². The average Bonchev–Trinajstić information content (AvgIpc) is 3.31. The Morgan fingerprint density at radius 2 is 1.78 bits per heavy atom. The summed E-state index contributed by atoms with van der Waals surface area (Å²) in [4.78, 5) is 30.0. The summed E-state index contributed by atoms with van der Waals surface area (Å²) in [5.74, 6) is -0.101. The number of anilines is 1. The standard InChI is InChI=1S/C20H23ClN4O2/c21-13-8-10-15(11-9-13)22-19(26)17-16-7-3-4-12-25(16)18(24-17)20(27)23-14-5-1-2-6-14/h8-11,14H,1-7,12H2,(H,22,26)(H,23,27). The maximum absolute atomic E-state index is 12.8. The number of fused-ring (bicyclic) bond motifs is 1. The van der Waals surface area contributed by atoms with E-state index in [0.717, 1.165) is 57.2 Å². The van der Waals surface area contributed by atoms with Gasteiger partial charge >= 0.3 is 0 Å². The van der Waals surface area contributed by atoms with Gasteiger partial charge in [0.05, 0.1) is 5.69 Å². The Morgan fingerprint density at radius 3 is 2.52 bits per heavy atom. The zero-order valence-corrected chi connectivity index (χ0v) is 15.9. The highest BCUT2D eigenvalue weighted by atomic mass is 35.5. The van der Waals surface area contributed by atoms with Crippen LogP contribution in [0.5, 0.6) is 0 Å². The fraction of sp³-hybridized carbons (Fsp3) is 0.450. The van der Waals surface area contributed by atoms with Gasteiger partial charge in [0, 0.05) is 23.3 Å². The number of amides is 2. The first-order valence-corrected chi connectivity index (χ1v) is 9.97. The Morgan fingerprint density at radius 1 is 1.04 bits per heavy atom. The molecule has 0 saturated heterocycles. The SMILES string of the molecule is O=C(Nc1ccc(Cl)cc1)c1nc(C(=O)NC2CCCC2)n2c1CCCC2. The van der Waals surface area contributed by atoms with Gasteiger partial charge in [-0.1, -0.05) is 24.4 Å². The van der Waals surface area contributed by atoms with Crippen molar-refractivity contribution in [2.24, 2.45) is 0 Å². The summed E-state index contributed by atoms with van der Waals surface area (Å²) in [7, 11) is 0. The Bertz CT molecular complexity index is 854. The van der Waals surface area contributed by atoms with Crippen LogP contribution >= 0.6 is 11.6 Å². The van der Waals surface area contributed by atoms with Gasteiger partial charge in [-0.25, -0.2) is 4.98 Å². The van der Waals surface area contributed by atoms with E-state index in [1.54, 1.807) is 24.3 Å². The molecule has 1 aliphatic heterocycles. The van der Waals surface area contributed by atoms with E-state index in [0.29, 0.717) is 22.2 Å². The molecule has 0 radical (unpaired) electrons. The number of imidazole rings is 1. The minimum atomic E-state index is -0.289. The molecule has 0 unspecified atom stereocenters. The lowest BCUT2D eigenvalue weighted by molar-refractivity contribution is 0.0921. The van der Waals surface area contributed by atoms with Gasteiger partial charge in [0.1, 0.15) is 0 Å². The maximum atomic E-state index is 12.8. The predicted octanol–water partition coefficient (Wildman–Crippen LogP) is 3.80. The predicted molar refractivity (Wildman–Crippen MR) is 104 cm³/mol. The number of hydrogen-bond donors (Lipinski definition) is 2. The van der Waals surface area contributed by atoms with Crippen molar-refractivity contribution >= 4 is 29.1 Å². The molecular weight excluding hydrogens is 364 g/mol. The summed E-state index contributed by atoms with van der Waals surface area (Å²) in [5, 5.41) is 6.55. The zero-order chi connectivity index (χ0) is 18.8. The highest BCUT2D eigenvalue weighted by Gasteiger charge is 2.29. The molecule has 0 bridgehead atoms. The van der Waals surface area contributed by atoms with E-state index in [-0.39, 0.29) is 17.9 Å². The summed E-state index contributed by atoms with van der Waals surface area (Å²) >= 11 is 5.90. The fourth-order valence-corrected chi connectivity index (χ4v) is 4.07. The Hall–Kier alpha value is -2.34. The van der Waals surface area contributed by atoms with Gasteiger partial charge in [0.15, 0.2) is 11.5 Å². The molecule has 0 atom stereocenters. The number of aromatic nitrogens is 2. The van der Waals surface area contributed by atoms with Gasteiger partial charge in [-0.3, -0.25) is 9.59 Å². The molecule has 1 fully saturated rings. The number of benzene rings is 1. The van der Waals surface area contributed by atoms with Crippen LogP contribution in [0.15, 0.2) is 24.3 Å². The summed E-state index contributed by atoms with van der Waals surface area (Å²) in [5.41, 5.74) is 1.85. The highest BCUT2D eigenvalue weighted by Crippen LogP contribution is 2.24. The fourth-order valence-electron chi connectivity index (χ4n) is 3.94. The van der Waals surface area contributed by atoms with Crippen LogP contribution in [0.2, 0.25) is 5.02 Å². The van der Waals surface area contributed by atoms with Crippen LogP contribution in [0.3, 0.4) is 0 Å². The first kappa shape index (κ1) is 18.0. The molecule has 2 heterocycles. The van der Waals surface area contributed by atoms with Crippen molar-refractivity contribution in [2.75, 3.05) is 5.32 Å². The van der Waals surface area contributed by atoms with Crippen molar-refractivity contribution in [1.29, 1.82) is 0 Å². The normalized spacial score (nSPS) is 16.8. The highest BCUT2D eigenvalue weighted by molar-refractivity contribution is 6.30. The number of nitrogens with one attached hydrogen (secondary N) is 2. The molecule has 2 amide bonds. The quantitative estimate of drug-likeness (QED) is 0.839. The first-order chi connectivity index (χ1) is 13.1.